The van der Waals surface area contributed by atoms with Gasteiger partial charge in [0.1, 0.15) is 5.75 Å². The SMILES string of the molecule is CCS/C=C(\B1OC(C)(C)C(C)(C)O1)c1ccc(OC)cc1. The highest BCUT2D eigenvalue weighted by atomic mass is 32.2. The molecule has 2 rings (SSSR count). The summed E-state index contributed by atoms with van der Waals surface area (Å²) in [5.41, 5.74) is 1.49. The van der Waals surface area contributed by atoms with Crippen LogP contribution in [0.2, 0.25) is 0 Å². The van der Waals surface area contributed by atoms with Gasteiger partial charge in [-0.2, -0.15) is 0 Å². The van der Waals surface area contributed by atoms with Crippen molar-refractivity contribution in [3.8, 4) is 5.75 Å². The van der Waals surface area contributed by atoms with Crippen molar-refractivity contribution in [1.82, 2.24) is 0 Å². The van der Waals surface area contributed by atoms with E-state index >= 15 is 0 Å². The number of hydrogen-bond donors (Lipinski definition) is 0. The van der Waals surface area contributed by atoms with Gasteiger partial charge in [0.05, 0.1) is 18.3 Å². The summed E-state index contributed by atoms with van der Waals surface area (Å²) < 4.78 is 17.6. The van der Waals surface area contributed by atoms with Crippen LogP contribution in [0.1, 0.15) is 40.2 Å². The molecular formula is C17H25BO3S. The second-order valence-electron chi connectivity index (χ2n) is 6.35. The monoisotopic (exact) mass is 320 g/mol. The van der Waals surface area contributed by atoms with Gasteiger partial charge in [0.15, 0.2) is 0 Å². The van der Waals surface area contributed by atoms with Crippen LogP contribution in [-0.2, 0) is 9.31 Å². The molecule has 22 heavy (non-hydrogen) atoms. The first-order valence-corrected chi connectivity index (χ1v) is 8.67. The zero-order valence-electron chi connectivity index (χ0n) is 14.3. The molecule has 1 aromatic carbocycles. The summed E-state index contributed by atoms with van der Waals surface area (Å²) in [5.74, 6) is 1.86. The minimum absolute atomic E-state index is 0.333. The summed E-state index contributed by atoms with van der Waals surface area (Å²) in [6, 6.07) is 8.02. The highest BCUT2D eigenvalue weighted by Crippen LogP contribution is 2.41. The number of ether oxygens (including phenoxy) is 1. The van der Waals surface area contributed by atoms with Gasteiger partial charge in [-0.1, -0.05) is 19.1 Å². The van der Waals surface area contributed by atoms with Gasteiger partial charge in [-0.3, -0.25) is 0 Å². The van der Waals surface area contributed by atoms with Crippen molar-refractivity contribution in [3.05, 3.63) is 35.2 Å². The third-order valence-electron chi connectivity index (χ3n) is 4.31. The van der Waals surface area contributed by atoms with Crippen LogP contribution in [-0.4, -0.2) is 31.2 Å². The van der Waals surface area contributed by atoms with E-state index in [2.05, 4.69) is 40.0 Å². The van der Waals surface area contributed by atoms with Crippen molar-refractivity contribution in [1.29, 1.82) is 0 Å². The van der Waals surface area contributed by atoms with Crippen molar-refractivity contribution >= 4 is 24.4 Å². The highest BCUT2D eigenvalue weighted by molar-refractivity contribution is 8.02. The van der Waals surface area contributed by atoms with Crippen molar-refractivity contribution in [2.45, 2.75) is 45.8 Å². The molecule has 1 saturated heterocycles. The zero-order valence-corrected chi connectivity index (χ0v) is 15.1. The van der Waals surface area contributed by atoms with Gasteiger partial charge in [0, 0.05) is 0 Å². The van der Waals surface area contributed by atoms with Crippen LogP contribution < -0.4 is 4.74 Å². The molecule has 120 valence electrons. The lowest BCUT2D eigenvalue weighted by Crippen LogP contribution is -2.41. The largest absolute Gasteiger partial charge is 0.497 e. The fourth-order valence-electron chi connectivity index (χ4n) is 2.19. The Bertz CT molecular complexity index is 521. The Morgan fingerprint density at radius 1 is 1.14 bits per heavy atom. The van der Waals surface area contributed by atoms with E-state index in [0.717, 1.165) is 22.5 Å². The maximum atomic E-state index is 6.20. The first-order valence-electron chi connectivity index (χ1n) is 7.62. The molecule has 0 atom stereocenters. The maximum absolute atomic E-state index is 6.20. The van der Waals surface area contributed by atoms with E-state index in [0.29, 0.717) is 0 Å². The molecular weight excluding hydrogens is 295 g/mol. The molecule has 0 unspecified atom stereocenters. The van der Waals surface area contributed by atoms with Crippen LogP contribution in [0, 0.1) is 0 Å². The van der Waals surface area contributed by atoms with Crippen molar-refractivity contribution in [3.63, 3.8) is 0 Å². The first kappa shape index (κ1) is 17.4. The second kappa shape index (κ2) is 6.69. The van der Waals surface area contributed by atoms with Crippen molar-refractivity contribution < 1.29 is 14.0 Å². The second-order valence-corrected chi connectivity index (χ2v) is 7.49. The molecule has 0 amide bonds. The van der Waals surface area contributed by atoms with Crippen LogP contribution in [0.5, 0.6) is 5.75 Å². The van der Waals surface area contributed by atoms with Gasteiger partial charge < -0.3 is 14.0 Å². The van der Waals surface area contributed by atoms with E-state index in [1.54, 1.807) is 18.9 Å². The summed E-state index contributed by atoms with van der Waals surface area (Å²) >= 11 is 1.75. The van der Waals surface area contributed by atoms with Gasteiger partial charge in [-0.05, 0) is 62.0 Å². The quantitative estimate of drug-likeness (QED) is 0.751. The van der Waals surface area contributed by atoms with Crippen molar-refractivity contribution in [2.24, 2.45) is 0 Å². The minimum atomic E-state index is -0.350. The number of thioether (sulfide) groups is 1. The summed E-state index contributed by atoms with van der Waals surface area (Å²) in [4.78, 5) is 0. The van der Waals surface area contributed by atoms with Gasteiger partial charge >= 0.3 is 7.12 Å². The Kier molecular flexibility index (Phi) is 5.31. The number of methoxy groups -OCH3 is 1. The lowest BCUT2D eigenvalue weighted by atomic mass is 9.75. The topological polar surface area (TPSA) is 27.7 Å². The van der Waals surface area contributed by atoms with Gasteiger partial charge in [0.25, 0.3) is 0 Å². The molecule has 1 aromatic rings. The van der Waals surface area contributed by atoms with Gasteiger partial charge in [0.2, 0.25) is 0 Å². The lowest BCUT2D eigenvalue weighted by molar-refractivity contribution is 0.00578. The average Bonchev–Trinajstić information content (AvgIpc) is 2.68. The summed E-state index contributed by atoms with van der Waals surface area (Å²) in [6.07, 6.45) is 0. The van der Waals surface area contributed by atoms with E-state index in [1.165, 1.54) is 0 Å². The van der Waals surface area contributed by atoms with E-state index in [4.69, 9.17) is 14.0 Å². The summed E-state index contributed by atoms with van der Waals surface area (Å²) in [6.45, 7) is 10.4. The van der Waals surface area contributed by atoms with Crippen molar-refractivity contribution in [2.75, 3.05) is 12.9 Å². The smallest absolute Gasteiger partial charge is 0.495 e. The molecule has 0 spiro atoms. The normalized spacial score (nSPS) is 20.3. The molecule has 0 aliphatic carbocycles. The maximum Gasteiger partial charge on any atom is 0.495 e. The first-order chi connectivity index (χ1) is 10.3. The van der Waals surface area contributed by atoms with E-state index in [9.17, 15) is 0 Å². The predicted octanol–water partition coefficient (Wildman–Crippen LogP) is 4.42. The predicted molar refractivity (Wildman–Crippen MR) is 95.2 cm³/mol. The Morgan fingerprint density at radius 3 is 2.14 bits per heavy atom. The zero-order chi connectivity index (χ0) is 16.4. The molecule has 5 heteroatoms. The molecule has 0 saturated carbocycles. The average molecular weight is 320 g/mol. The van der Waals surface area contributed by atoms with Crippen LogP contribution in [0.25, 0.3) is 5.47 Å². The number of benzene rings is 1. The van der Waals surface area contributed by atoms with E-state index in [-0.39, 0.29) is 18.3 Å². The lowest BCUT2D eigenvalue weighted by Gasteiger charge is -2.32. The fourth-order valence-corrected chi connectivity index (χ4v) is 2.78. The number of hydrogen-bond acceptors (Lipinski definition) is 4. The molecule has 1 aliphatic rings. The Balaban J connectivity index is 2.31. The molecule has 0 bridgehead atoms. The Labute approximate surface area is 138 Å². The van der Waals surface area contributed by atoms with Crippen LogP contribution in [0.4, 0.5) is 0 Å². The standard InChI is InChI=1S/C17H25BO3S/c1-7-22-12-15(13-8-10-14(19-6)11-9-13)18-20-16(2,3)17(4,5)21-18/h8-12H,7H2,1-6H3/b15-12-. The molecule has 3 nitrogen and oxygen atoms in total. The third-order valence-corrected chi connectivity index (χ3v) is 5.06. The fraction of sp³-hybridized carbons (Fsp3) is 0.529. The Hall–Kier alpha value is -0.905. The minimum Gasteiger partial charge on any atom is -0.497 e. The molecule has 0 N–H and O–H groups in total. The molecule has 1 fully saturated rings. The van der Waals surface area contributed by atoms with Gasteiger partial charge in [-0.25, -0.2) is 0 Å². The number of rotatable bonds is 5. The van der Waals surface area contributed by atoms with E-state index < -0.39 is 0 Å². The molecule has 0 radical (unpaired) electrons. The van der Waals surface area contributed by atoms with Crippen LogP contribution in [0.3, 0.4) is 0 Å². The molecule has 1 aliphatic heterocycles. The third kappa shape index (κ3) is 3.53. The highest BCUT2D eigenvalue weighted by Gasteiger charge is 2.52. The molecule has 1 heterocycles. The molecule has 0 aromatic heterocycles. The van der Waals surface area contributed by atoms with Crippen LogP contribution in [0.15, 0.2) is 29.7 Å². The summed E-state index contributed by atoms with van der Waals surface area (Å²) in [7, 11) is 1.32. The van der Waals surface area contributed by atoms with Gasteiger partial charge in [-0.15, -0.1) is 11.8 Å². The van der Waals surface area contributed by atoms with Crippen LogP contribution >= 0.6 is 11.8 Å². The summed E-state index contributed by atoms with van der Waals surface area (Å²) in [5, 5.41) is 2.14. The van der Waals surface area contributed by atoms with E-state index in [1.807, 2.05) is 24.3 Å². The Morgan fingerprint density at radius 2 is 1.68 bits per heavy atom.